The number of nitrogens with zero attached hydrogens (tertiary/aromatic N) is 4. The summed E-state index contributed by atoms with van der Waals surface area (Å²) in [6, 6.07) is 17.9. The van der Waals surface area contributed by atoms with Crippen LogP contribution in [0.3, 0.4) is 0 Å². The van der Waals surface area contributed by atoms with Crippen molar-refractivity contribution in [2.75, 3.05) is 26.2 Å². The van der Waals surface area contributed by atoms with Crippen LogP contribution in [0.4, 0.5) is 0 Å². The van der Waals surface area contributed by atoms with Crippen molar-refractivity contribution in [1.29, 1.82) is 0 Å². The van der Waals surface area contributed by atoms with E-state index < -0.39 is 0 Å². The van der Waals surface area contributed by atoms with Crippen LogP contribution < -0.4 is 11.0 Å². The maximum absolute atomic E-state index is 12.8. The summed E-state index contributed by atoms with van der Waals surface area (Å²) in [6.45, 7) is 5.69. The summed E-state index contributed by atoms with van der Waals surface area (Å²) in [5.41, 5.74) is 3.97. The minimum atomic E-state index is -0.295. The van der Waals surface area contributed by atoms with Crippen LogP contribution in [0.1, 0.15) is 53.7 Å². The van der Waals surface area contributed by atoms with Crippen LogP contribution >= 0.6 is 0 Å². The average molecular weight is 501 g/mol. The van der Waals surface area contributed by atoms with Gasteiger partial charge in [0.05, 0.1) is 5.69 Å². The standard InChI is InChI=1S/C30H36N4O3/c1-31-25(19-33-16-21-14-24(18-33)26-8-5-9-29(36)34(26)17-21)15-28(35)30(37)27(31)20-32-12-10-23(11-13-32)22-6-3-2-4-7-22/h2-9,15,21,23-24,37H,10-14,16-20H2,1H3. The fourth-order valence-corrected chi connectivity index (χ4v) is 6.84. The van der Waals surface area contributed by atoms with Crippen molar-refractivity contribution < 1.29 is 5.11 Å². The van der Waals surface area contributed by atoms with Crippen molar-refractivity contribution in [1.82, 2.24) is 18.9 Å². The van der Waals surface area contributed by atoms with Gasteiger partial charge in [-0.2, -0.15) is 0 Å². The van der Waals surface area contributed by atoms with E-state index in [2.05, 4.69) is 46.2 Å². The molecule has 5 heterocycles. The Bertz CT molecular complexity index is 1390. The van der Waals surface area contributed by atoms with Gasteiger partial charge in [0.1, 0.15) is 0 Å². The van der Waals surface area contributed by atoms with Crippen LogP contribution in [0.2, 0.25) is 0 Å². The molecule has 0 radical (unpaired) electrons. The molecular weight excluding hydrogens is 464 g/mol. The maximum atomic E-state index is 12.8. The van der Waals surface area contributed by atoms with Gasteiger partial charge in [-0.3, -0.25) is 19.4 Å². The monoisotopic (exact) mass is 500 g/mol. The highest BCUT2D eigenvalue weighted by Gasteiger charge is 2.34. The van der Waals surface area contributed by atoms with Gasteiger partial charge in [0, 0.05) is 69.2 Å². The number of aromatic hydroxyl groups is 1. The highest BCUT2D eigenvalue weighted by molar-refractivity contribution is 5.30. The molecule has 2 bridgehead atoms. The van der Waals surface area contributed by atoms with Gasteiger partial charge in [-0.1, -0.05) is 36.4 Å². The Labute approximate surface area is 217 Å². The molecule has 2 unspecified atom stereocenters. The van der Waals surface area contributed by atoms with E-state index in [-0.39, 0.29) is 16.7 Å². The molecule has 194 valence electrons. The van der Waals surface area contributed by atoms with Gasteiger partial charge in [-0.05, 0) is 55.8 Å². The third kappa shape index (κ3) is 4.78. The van der Waals surface area contributed by atoms with Gasteiger partial charge in [-0.25, -0.2) is 0 Å². The summed E-state index contributed by atoms with van der Waals surface area (Å²) in [6.07, 6.45) is 3.28. The van der Waals surface area contributed by atoms with Crippen LogP contribution in [0.5, 0.6) is 5.75 Å². The minimum Gasteiger partial charge on any atom is -0.503 e. The van der Waals surface area contributed by atoms with Crippen molar-refractivity contribution in [3.05, 3.63) is 97.8 Å². The van der Waals surface area contributed by atoms with E-state index in [1.165, 1.54) is 5.56 Å². The van der Waals surface area contributed by atoms with Gasteiger partial charge in [-0.15, -0.1) is 0 Å². The van der Waals surface area contributed by atoms with Crippen LogP contribution in [0, 0.1) is 5.92 Å². The topological polar surface area (TPSA) is 70.7 Å². The molecule has 2 atom stereocenters. The number of piperidine rings is 2. The highest BCUT2D eigenvalue weighted by atomic mass is 16.3. The van der Waals surface area contributed by atoms with Gasteiger partial charge >= 0.3 is 0 Å². The van der Waals surface area contributed by atoms with E-state index in [0.717, 1.165) is 63.4 Å². The highest BCUT2D eigenvalue weighted by Crippen LogP contribution is 2.35. The molecule has 0 saturated carbocycles. The summed E-state index contributed by atoms with van der Waals surface area (Å²) >= 11 is 0. The summed E-state index contributed by atoms with van der Waals surface area (Å²) < 4.78 is 3.98. The molecule has 2 saturated heterocycles. The Kier molecular flexibility index (Phi) is 6.51. The third-order valence-corrected chi connectivity index (χ3v) is 8.81. The normalized spacial score (nSPS) is 22.6. The van der Waals surface area contributed by atoms with Crippen molar-refractivity contribution in [2.45, 2.75) is 50.7 Å². The molecule has 2 aromatic heterocycles. The second-order valence-corrected chi connectivity index (χ2v) is 11.2. The first-order valence-electron chi connectivity index (χ1n) is 13.6. The van der Waals surface area contributed by atoms with Crippen LogP contribution in [0.25, 0.3) is 0 Å². The van der Waals surface area contributed by atoms with Gasteiger partial charge in [0.2, 0.25) is 5.43 Å². The number of hydrogen-bond acceptors (Lipinski definition) is 5. The van der Waals surface area contributed by atoms with Crippen molar-refractivity contribution >= 4 is 0 Å². The van der Waals surface area contributed by atoms with Gasteiger partial charge in [0.25, 0.3) is 5.56 Å². The number of benzene rings is 1. The van der Waals surface area contributed by atoms with E-state index in [9.17, 15) is 14.7 Å². The molecular formula is C30H36N4O3. The third-order valence-electron chi connectivity index (χ3n) is 8.81. The maximum Gasteiger partial charge on any atom is 0.250 e. The molecule has 6 rings (SSSR count). The van der Waals surface area contributed by atoms with E-state index in [0.29, 0.717) is 36.5 Å². The number of likely N-dealkylation sites (tertiary alicyclic amines) is 2. The summed E-state index contributed by atoms with van der Waals surface area (Å²) in [5.74, 6) is 1.22. The first-order chi connectivity index (χ1) is 18.0. The molecule has 3 aliphatic rings. The molecule has 1 N–H and O–H groups in total. The molecule has 1 aromatic carbocycles. The predicted octanol–water partition coefficient (Wildman–Crippen LogP) is 3.25. The molecule has 2 fully saturated rings. The zero-order valence-corrected chi connectivity index (χ0v) is 21.6. The minimum absolute atomic E-state index is 0.0963. The second-order valence-electron chi connectivity index (χ2n) is 11.2. The molecule has 3 aromatic rings. The molecule has 3 aliphatic heterocycles. The van der Waals surface area contributed by atoms with E-state index in [1.807, 2.05) is 22.2 Å². The molecule has 0 spiro atoms. The number of hydrogen-bond donors (Lipinski definition) is 1. The quantitative estimate of drug-likeness (QED) is 0.583. The van der Waals surface area contributed by atoms with E-state index in [1.54, 1.807) is 12.1 Å². The number of pyridine rings is 2. The largest absolute Gasteiger partial charge is 0.503 e. The Morgan fingerprint density at radius 2 is 1.65 bits per heavy atom. The van der Waals surface area contributed by atoms with Crippen molar-refractivity contribution in [3.63, 3.8) is 0 Å². The lowest BCUT2D eigenvalue weighted by Gasteiger charge is -2.43. The predicted molar refractivity (Wildman–Crippen MR) is 144 cm³/mol. The summed E-state index contributed by atoms with van der Waals surface area (Å²) in [5, 5.41) is 10.7. The average Bonchev–Trinajstić information content (AvgIpc) is 2.91. The van der Waals surface area contributed by atoms with E-state index >= 15 is 0 Å². The Balaban J connectivity index is 1.16. The zero-order valence-electron chi connectivity index (χ0n) is 21.6. The Morgan fingerprint density at radius 1 is 0.865 bits per heavy atom. The molecule has 7 nitrogen and oxygen atoms in total. The van der Waals surface area contributed by atoms with Crippen LogP contribution in [0.15, 0.2) is 64.2 Å². The number of aromatic nitrogens is 2. The SMILES string of the molecule is Cn1c(CN2CC3CC(C2)c2cccc(=O)n2C3)cc(=O)c(O)c1CN1CCC(c2ccccc2)CC1. The van der Waals surface area contributed by atoms with Crippen LogP contribution in [-0.2, 0) is 26.7 Å². The molecule has 0 amide bonds. The second kappa shape index (κ2) is 9.95. The summed E-state index contributed by atoms with van der Waals surface area (Å²) in [4.78, 5) is 29.9. The summed E-state index contributed by atoms with van der Waals surface area (Å²) in [7, 11) is 1.97. The lowest BCUT2D eigenvalue weighted by atomic mass is 9.83. The first-order valence-corrected chi connectivity index (χ1v) is 13.6. The molecule has 37 heavy (non-hydrogen) atoms. The Morgan fingerprint density at radius 3 is 2.43 bits per heavy atom. The number of fused-ring (bicyclic) bond motifs is 4. The smallest absolute Gasteiger partial charge is 0.250 e. The van der Waals surface area contributed by atoms with Crippen LogP contribution in [-0.4, -0.2) is 50.2 Å². The van der Waals surface area contributed by atoms with Crippen molar-refractivity contribution in [2.24, 2.45) is 13.0 Å². The lowest BCUT2D eigenvalue weighted by Crippen LogP contribution is -2.47. The van der Waals surface area contributed by atoms with Gasteiger partial charge < -0.3 is 14.2 Å². The zero-order chi connectivity index (χ0) is 25.5. The van der Waals surface area contributed by atoms with Crippen molar-refractivity contribution in [3.8, 4) is 5.75 Å². The molecule has 0 aliphatic carbocycles. The fourth-order valence-electron chi connectivity index (χ4n) is 6.84. The number of rotatable bonds is 5. The fraction of sp³-hybridized carbons (Fsp3) is 0.467. The Hall–Kier alpha value is -3.16. The lowest BCUT2D eigenvalue weighted by molar-refractivity contribution is 0.112. The van der Waals surface area contributed by atoms with Gasteiger partial charge in [0.15, 0.2) is 5.75 Å². The van der Waals surface area contributed by atoms with E-state index in [4.69, 9.17) is 0 Å². The molecule has 7 heteroatoms. The first kappa shape index (κ1) is 24.2.